The Morgan fingerprint density at radius 2 is 1.95 bits per heavy atom. The number of benzene rings is 1. The normalized spacial score (nSPS) is 16.9. The van der Waals surface area contributed by atoms with Crippen LogP contribution in [-0.4, -0.2) is 35.5 Å². The highest BCUT2D eigenvalue weighted by Gasteiger charge is 2.27. The Balaban J connectivity index is 1.92. The predicted octanol–water partition coefficient (Wildman–Crippen LogP) is 2.07. The molecule has 22 heavy (non-hydrogen) atoms. The summed E-state index contributed by atoms with van der Waals surface area (Å²) >= 11 is 0. The molecule has 1 amide bonds. The van der Waals surface area contributed by atoms with Crippen LogP contribution < -0.4 is 11.1 Å². The Morgan fingerprint density at radius 1 is 1.32 bits per heavy atom. The van der Waals surface area contributed by atoms with E-state index in [-0.39, 0.29) is 17.5 Å². The van der Waals surface area contributed by atoms with Gasteiger partial charge in [-0.25, -0.2) is 0 Å². The molecule has 0 saturated carbocycles. The molecule has 1 heterocycles. The van der Waals surface area contributed by atoms with Gasteiger partial charge in [-0.05, 0) is 37.3 Å². The zero-order chi connectivity index (χ0) is 16.2. The van der Waals surface area contributed by atoms with Crippen LogP contribution in [0.4, 0.5) is 0 Å². The molecule has 4 nitrogen and oxygen atoms in total. The number of hydrogen-bond donors (Lipinski definition) is 2. The molecule has 1 aliphatic heterocycles. The Kier molecular flexibility index (Phi) is 5.59. The number of nitrogens with zero attached hydrogens (tertiary/aromatic N) is 1. The number of fused-ring (bicyclic) bond motifs is 1. The molecular weight excluding hydrogens is 274 g/mol. The predicted molar refractivity (Wildman–Crippen MR) is 90.5 cm³/mol. The van der Waals surface area contributed by atoms with Crippen LogP contribution in [0.25, 0.3) is 0 Å². The number of hydrogen-bond acceptors (Lipinski definition) is 3. The molecule has 0 aliphatic carbocycles. The van der Waals surface area contributed by atoms with Gasteiger partial charge < -0.3 is 11.1 Å². The minimum atomic E-state index is -0.288. The van der Waals surface area contributed by atoms with Crippen molar-refractivity contribution in [2.75, 3.05) is 13.1 Å². The molecule has 1 aromatic carbocycles. The van der Waals surface area contributed by atoms with Gasteiger partial charge in [0.05, 0.1) is 6.04 Å². The van der Waals surface area contributed by atoms with Crippen molar-refractivity contribution in [1.29, 1.82) is 0 Å². The first-order valence-electron chi connectivity index (χ1n) is 8.36. The summed E-state index contributed by atoms with van der Waals surface area (Å²) in [5, 5.41) is 3.04. The highest BCUT2D eigenvalue weighted by molar-refractivity contribution is 5.81. The number of rotatable bonds is 6. The number of nitrogens with one attached hydrogen (secondary N) is 1. The second-order valence-electron chi connectivity index (χ2n) is 6.45. The maximum absolute atomic E-state index is 12.4. The fraction of sp³-hybridized carbons (Fsp3) is 0.611. The Hall–Kier alpha value is -1.39. The summed E-state index contributed by atoms with van der Waals surface area (Å²) in [6.45, 7) is 8.45. The fourth-order valence-electron chi connectivity index (χ4n) is 2.92. The van der Waals surface area contributed by atoms with E-state index in [0.29, 0.717) is 6.54 Å². The van der Waals surface area contributed by atoms with E-state index in [1.807, 2.05) is 6.92 Å². The first-order valence-corrected chi connectivity index (χ1v) is 8.36. The van der Waals surface area contributed by atoms with Gasteiger partial charge in [0.2, 0.25) is 5.91 Å². The third kappa shape index (κ3) is 3.87. The average Bonchev–Trinajstić information content (AvgIpc) is 2.58. The van der Waals surface area contributed by atoms with Crippen LogP contribution in [0.3, 0.4) is 0 Å². The Labute approximate surface area is 134 Å². The number of amides is 1. The van der Waals surface area contributed by atoms with E-state index >= 15 is 0 Å². The number of carbonyl (C=O) groups excluding carboxylic acids is 1. The van der Waals surface area contributed by atoms with Crippen LogP contribution in [0.15, 0.2) is 24.3 Å². The third-order valence-corrected chi connectivity index (χ3v) is 5.11. The van der Waals surface area contributed by atoms with Gasteiger partial charge in [0.25, 0.3) is 0 Å². The summed E-state index contributed by atoms with van der Waals surface area (Å²) in [7, 11) is 0. The summed E-state index contributed by atoms with van der Waals surface area (Å²) in [6, 6.07) is 8.37. The van der Waals surface area contributed by atoms with Crippen LogP contribution in [0.5, 0.6) is 0 Å². The van der Waals surface area contributed by atoms with E-state index in [4.69, 9.17) is 5.73 Å². The van der Waals surface area contributed by atoms with Crippen molar-refractivity contribution in [3.05, 3.63) is 35.4 Å². The Morgan fingerprint density at radius 3 is 2.59 bits per heavy atom. The highest BCUT2D eigenvalue weighted by Crippen LogP contribution is 2.20. The van der Waals surface area contributed by atoms with Crippen LogP contribution >= 0.6 is 0 Å². The van der Waals surface area contributed by atoms with Crippen LogP contribution in [-0.2, 0) is 17.8 Å². The molecule has 1 unspecified atom stereocenters. The molecular formula is C18H29N3O. The van der Waals surface area contributed by atoms with Gasteiger partial charge >= 0.3 is 0 Å². The summed E-state index contributed by atoms with van der Waals surface area (Å²) in [5.74, 6) is 0.0797. The van der Waals surface area contributed by atoms with Crippen LogP contribution in [0.1, 0.15) is 44.7 Å². The molecule has 0 spiro atoms. The lowest BCUT2D eigenvalue weighted by molar-refractivity contribution is -0.126. The second-order valence-corrected chi connectivity index (χ2v) is 6.45. The SMILES string of the molecule is CCC(N)(CC)CNC(=O)C(C)N1CCc2ccccc2C1. The summed E-state index contributed by atoms with van der Waals surface area (Å²) in [6.07, 6.45) is 2.75. The van der Waals surface area contributed by atoms with Gasteiger partial charge in [0.1, 0.15) is 0 Å². The molecule has 0 saturated heterocycles. The van der Waals surface area contributed by atoms with E-state index in [0.717, 1.165) is 32.4 Å². The Bertz CT molecular complexity index is 511. The van der Waals surface area contributed by atoms with E-state index in [9.17, 15) is 4.79 Å². The maximum Gasteiger partial charge on any atom is 0.237 e. The summed E-state index contributed by atoms with van der Waals surface area (Å²) in [4.78, 5) is 14.7. The van der Waals surface area contributed by atoms with Crippen LogP contribution in [0, 0.1) is 0 Å². The largest absolute Gasteiger partial charge is 0.353 e. The number of carbonyl (C=O) groups is 1. The van der Waals surface area contributed by atoms with Crippen molar-refractivity contribution in [3.63, 3.8) is 0 Å². The molecule has 0 fully saturated rings. The van der Waals surface area contributed by atoms with Crippen LogP contribution in [0.2, 0.25) is 0 Å². The van der Waals surface area contributed by atoms with Gasteiger partial charge in [0, 0.05) is 25.2 Å². The van der Waals surface area contributed by atoms with E-state index < -0.39 is 0 Å². The lowest BCUT2D eigenvalue weighted by atomic mass is 9.94. The van der Waals surface area contributed by atoms with Crippen molar-refractivity contribution in [1.82, 2.24) is 10.2 Å². The maximum atomic E-state index is 12.4. The highest BCUT2D eigenvalue weighted by atomic mass is 16.2. The van der Waals surface area contributed by atoms with Crippen molar-refractivity contribution >= 4 is 5.91 Å². The fourth-order valence-corrected chi connectivity index (χ4v) is 2.92. The zero-order valence-electron chi connectivity index (χ0n) is 14.1. The molecule has 1 atom stereocenters. The van der Waals surface area contributed by atoms with E-state index in [2.05, 4.69) is 48.3 Å². The summed E-state index contributed by atoms with van der Waals surface area (Å²) < 4.78 is 0. The third-order valence-electron chi connectivity index (χ3n) is 5.11. The first-order chi connectivity index (χ1) is 10.5. The summed E-state index contributed by atoms with van der Waals surface area (Å²) in [5.41, 5.74) is 8.71. The number of nitrogens with two attached hydrogens (primary N) is 1. The standard InChI is InChI=1S/C18H29N3O/c1-4-18(19,5-2)13-20-17(22)14(3)21-11-10-15-8-6-7-9-16(15)12-21/h6-9,14H,4-5,10-13,19H2,1-3H3,(H,20,22). The van der Waals surface area contributed by atoms with Gasteiger partial charge in [-0.3, -0.25) is 9.69 Å². The van der Waals surface area contributed by atoms with Gasteiger partial charge in [0.15, 0.2) is 0 Å². The monoisotopic (exact) mass is 303 g/mol. The molecule has 1 aliphatic rings. The van der Waals surface area contributed by atoms with E-state index in [1.54, 1.807) is 0 Å². The molecule has 3 N–H and O–H groups in total. The van der Waals surface area contributed by atoms with Gasteiger partial charge in [-0.15, -0.1) is 0 Å². The lowest BCUT2D eigenvalue weighted by Crippen LogP contribution is -2.53. The first kappa shape index (κ1) is 17.0. The van der Waals surface area contributed by atoms with Crippen molar-refractivity contribution in [2.24, 2.45) is 5.73 Å². The molecule has 122 valence electrons. The smallest absolute Gasteiger partial charge is 0.237 e. The molecule has 4 heteroatoms. The minimum absolute atomic E-state index is 0.0797. The lowest BCUT2D eigenvalue weighted by Gasteiger charge is -2.34. The molecule has 1 aromatic rings. The quantitative estimate of drug-likeness (QED) is 0.846. The molecule has 0 aromatic heterocycles. The molecule has 0 bridgehead atoms. The van der Waals surface area contributed by atoms with Crippen molar-refractivity contribution < 1.29 is 4.79 Å². The zero-order valence-corrected chi connectivity index (χ0v) is 14.1. The molecule has 0 radical (unpaired) electrons. The van der Waals surface area contributed by atoms with Gasteiger partial charge in [-0.2, -0.15) is 0 Å². The topological polar surface area (TPSA) is 58.4 Å². The average molecular weight is 303 g/mol. The molecule has 2 rings (SSSR count). The van der Waals surface area contributed by atoms with Crippen molar-refractivity contribution in [2.45, 2.75) is 58.2 Å². The second kappa shape index (κ2) is 7.25. The van der Waals surface area contributed by atoms with E-state index in [1.165, 1.54) is 11.1 Å². The minimum Gasteiger partial charge on any atom is -0.353 e. The van der Waals surface area contributed by atoms with Gasteiger partial charge in [-0.1, -0.05) is 38.1 Å². The van der Waals surface area contributed by atoms with Crippen molar-refractivity contribution in [3.8, 4) is 0 Å².